The van der Waals surface area contributed by atoms with Gasteiger partial charge in [0.05, 0.1) is 29.7 Å². The SMILES string of the molecule is COc1ccc([C@@H]2CC=C(C(=O)O)[C@H](c3ccccc3F)N2S(=O)(=O)c2ccccc2C)cc1. The minimum atomic E-state index is -4.25. The van der Waals surface area contributed by atoms with Gasteiger partial charge in [0.1, 0.15) is 11.6 Å². The number of hydrogen-bond acceptors (Lipinski definition) is 4. The summed E-state index contributed by atoms with van der Waals surface area (Å²) >= 11 is 0. The molecule has 0 aliphatic carbocycles. The quantitative estimate of drug-likeness (QED) is 0.534. The molecule has 6 nitrogen and oxygen atoms in total. The van der Waals surface area contributed by atoms with Crippen molar-refractivity contribution in [2.45, 2.75) is 30.3 Å². The number of hydrogen-bond donors (Lipinski definition) is 1. The third kappa shape index (κ3) is 4.22. The summed E-state index contributed by atoms with van der Waals surface area (Å²) in [4.78, 5) is 12.3. The number of carbonyl (C=O) groups is 1. The number of aliphatic carboxylic acids is 1. The molecule has 2 atom stereocenters. The second kappa shape index (κ2) is 9.40. The van der Waals surface area contributed by atoms with Crippen molar-refractivity contribution in [2.24, 2.45) is 0 Å². The van der Waals surface area contributed by atoms with E-state index in [2.05, 4.69) is 0 Å². The molecule has 1 aliphatic heterocycles. The maximum absolute atomic E-state index is 15.0. The number of benzene rings is 3. The average Bonchev–Trinajstić information content (AvgIpc) is 2.83. The molecule has 0 unspecified atom stereocenters. The Balaban J connectivity index is 1.99. The Morgan fingerprint density at radius 1 is 1.03 bits per heavy atom. The summed E-state index contributed by atoms with van der Waals surface area (Å²) in [5, 5.41) is 9.97. The van der Waals surface area contributed by atoms with Gasteiger partial charge >= 0.3 is 5.97 Å². The van der Waals surface area contributed by atoms with Crippen LogP contribution in [0.5, 0.6) is 5.75 Å². The number of sulfonamides is 1. The van der Waals surface area contributed by atoms with E-state index in [4.69, 9.17) is 4.74 Å². The van der Waals surface area contributed by atoms with E-state index < -0.39 is 33.9 Å². The maximum atomic E-state index is 15.0. The molecule has 3 aromatic rings. The van der Waals surface area contributed by atoms with Crippen LogP contribution in [-0.2, 0) is 14.8 Å². The molecule has 34 heavy (non-hydrogen) atoms. The van der Waals surface area contributed by atoms with Gasteiger partial charge in [-0.2, -0.15) is 4.31 Å². The lowest BCUT2D eigenvalue weighted by atomic mass is 9.89. The molecule has 0 radical (unpaired) electrons. The van der Waals surface area contributed by atoms with Crippen molar-refractivity contribution in [1.82, 2.24) is 4.31 Å². The minimum absolute atomic E-state index is 0.0217. The molecule has 0 saturated heterocycles. The van der Waals surface area contributed by atoms with E-state index in [1.165, 1.54) is 37.5 Å². The number of halogens is 1. The van der Waals surface area contributed by atoms with E-state index in [0.717, 1.165) is 4.31 Å². The highest BCUT2D eigenvalue weighted by Crippen LogP contribution is 2.46. The molecule has 176 valence electrons. The molecule has 8 heteroatoms. The summed E-state index contributed by atoms with van der Waals surface area (Å²) in [6.45, 7) is 1.67. The number of carboxylic acids is 1. The van der Waals surface area contributed by atoms with E-state index in [9.17, 15) is 18.3 Å². The number of carboxylic acid groups (broad SMARTS) is 1. The van der Waals surface area contributed by atoms with Crippen molar-refractivity contribution in [3.63, 3.8) is 0 Å². The molecule has 1 N–H and O–H groups in total. The number of aryl methyl sites for hydroxylation is 1. The molecule has 0 amide bonds. The van der Waals surface area contributed by atoms with Crippen molar-refractivity contribution in [3.05, 3.63) is 107 Å². The molecule has 3 aromatic carbocycles. The Kier molecular flexibility index (Phi) is 6.54. The molecule has 0 saturated carbocycles. The van der Waals surface area contributed by atoms with Crippen LogP contribution in [0.2, 0.25) is 0 Å². The smallest absolute Gasteiger partial charge is 0.333 e. The molecular formula is C26H24FNO5S. The van der Waals surface area contributed by atoms with Gasteiger partial charge in [0.15, 0.2) is 0 Å². The van der Waals surface area contributed by atoms with Crippen LogP contribution in [0, 0.1) is 12.7 Å². The largest absolute Gasteiger partial charge is 0.497 e. The lowest BCUT2D eigenvalue weighted by Crippen LogP contribution is -2.43. The molecule has 0 spiro atoms. The fourth-order valence-electron chi connectivity index (χ4n) is 4.35. The molecule has 1 aliphatic rings. The van der Waals surface area contributed by atoms with Gasteiger partial charge in [-0.3, -0.25) is 0 Å². The van der Waals surface area contributed by atoms with Gasteiger partial charge in [0, 0.05) is 5.56 Å². The summed E-state index contributed by atoms with van der Waals surface area (Å²) in [5.41, 5.74) is 0.938. The van der Waals surface area contributed by atoms with Gasteiger partial charge in [-0.1, -0.05) is 54.6 Å². The Bertz CT molecular complexity index is 1350. The monoisotopic (exact) mass is 481 g/mol. The number of methoxy groups -OCH3 is 1. The number of nitrogens with zero attached hydrogens (tertiary/aromatic N) is 1. The molecular weight excluding hydrogens is 457 g/mol. The molecule has 4 rings (SSSR count). The first-order valence-corrected chi connectivity index (χ1v) is 12.1. The Morgan fingerprint density at radius 3 is 2.29 bits per heavy atom. The van der Waals surface area contributed by atoms with Gasteiger partial charge < -0.3 is 9.84 Å². The zero-order valence-corrected chi connectivity index (χ0v) is 19.5. The Morgan fingerprint density at radius 2 is 1.68 bits per heavy atom. The first kappa shape index (κ1) is 23.7. The molecule has 0 bridgehead atoms. The lowest BCUT2D eigenvalue weighted by molar-refractivity contribution is -0.133. The Hall–Kier alpha value is -3.49. The normalized spacial score (nSPS) is 18.9. The second-order valence-electron chi connectivity index (χ2n) is 8.01. The second-order valence-corrected chi connectivity index (χ2v) is 9.83. The fraction of sp³-hybridized carbons (Fsp3) is 0.192. The van der Waals surface area contributed by atoms with E-state index in [1.54, 1.807) is 55.5 Å². The number of rotatable bonds is 6. The first-order chi connectivity index (χ1) is 16.3. The van der Waals surface area contributed by atoms with Crippen LogP contribution in [0.1, 0.15) is 35.2 Å². The predicted molar refractivity (Wildman–Crippen MR) is 125 cm³/mol. The van der Waals surface area contributed by atoms with Crippen LogP contribution >= 0.6 is 0 Å². The van der Waals surface area contributed by atoms with Crippen molar-refractivity contribution in [2.75, 3.05) is 7.11 Å². The Labute approximate surface area is 198 Å². The summed E-state index contributed by atoms with van der Waals surface area (Å²) in [6, 6.07) is 16.9. The van der Waals surface area contributed by atoms with E-state index >= 15 is 4.39 Å². The molecule has 0 fully saturated rings. The zero-order valence-electron chi connectivity index (χ0n) is 18.7. The standard InChI is InChI=1S/C26H24FNO5S/c1-17-7-3-6-10-24(17)34(31,32)28-23(18-11-13-19(33-2)14-12-18)16-15-21(26(29)30)25(28)20-8-4-5-9-22(20)27/h3-15,23,25H,16H2,1-2H3,(H,29,30)/t23-,25-/m0/s1. The van der Waals surface area contributed by atoms with Gasteiger partial charge in [-0.15, -0.1) is 0 Å². The van der Waals surface area contributed by atoms with E-state index in [0.29, 0.717) is 16.9 Å². The molecule has 1 heterocycles. The summed E-state index contributed by atoms with van der Waals surface area (Å²) < 4.78 is 49.7. The van der Waals surface area contributed by atoms with Crippen LogP contribution in [-0.4, -0.2) is 30.9 Å². The van der Waals surface area contributed by atoms with Gasteiger partial charge in [-0.25, -0.2) is 17.6 Å². The zero-order chi connectivity index (χ0) is 24.5. The highest BCUT2D eigenvalue weighted by molar-refractivity contribution is 7.89. The van der Waals surface area contributed by atoms with Crippen molar-refractivity contribution >= 4 is 16.0 Å². The van der Waals surface area contributed by atoms with Crippen LogP contribution in [0.4, 0.5) is 4.39 Å². The fourth-order valence-corrected chi connectivity index (χ4v) is 6.35. The van der Waals surface area contributed by atoms with Crippen LogP contribution < -0.4 is 4.74 Å². The summed E-state index contributed by atoms with van der Waals surface area (Å²) in [5.74, 6) is -1.38. The third-order valence-electron chi connectivity index (χ3n) is 6.01. The lowest BCUT2D eigenvalue weighted by Gasteiger charge is -2.41. The van der Waals surface area contributed by atoms with Gasteiger partial charge in [0.2, 0.25) is 10.0 Å². The van der Waals surface area contributed by atoms with Crippen molar-refractivity contribution in [3.8, 4) is 5.75 Å². The van der Waals surface area contributed by atoms with E-state index in [-0.39, 0.29) is 22.5 Å². The number of ether oxygens (including phenoxy) is 1. The van der Waals surface area contributed by atoms with Crippen LogP contribution in [0.25, 0.3) is 0 Å². The van der Waals surface area contributed by atoms with E-state index in [1.807, 2.05) is 0 Å². The minimum Gasteiger partial charge on any atom is -0.497 e. The highest BCUT2D eigenvalue weighted by atomic mass is 32.2. The van der Waals surface area contributed by atoms with Crippen molar-refractivity contribution < 1.29 is 27.4 Å². The summed E-state index contributed by atoms with van der Waals surface area (Å²) in [6.07, 6.45) is 1.60. The van der Waals surface area contributed by atoms with Gasteiger partial charge in [0.25, 0.3) is 0 Å². The first-order valence-electron chi connectivity index (χ1n) is 10.7. The maximum Gasteiger partial charge on any atom is 0.333 e. The third-order valence-corrected chi connectivity index (χ3v) is 8.05. The van der Waals surface area contributed by atoms with Crippen LogP contribution in [0.3, 0.4) is 0 Å². The predicted octanol–water partition coefficient (Wildman–Crippen LogP) is 5.03. The topological polar surface area (TPSA) is 83.9 Å². The highest BCUT2D eigenvalue weighted by Gasteiger charge is 2.45. The average molecular weight is 482 g/mol. The van der Waals surface area contributed by atoms with Crippen molar-refractivity contribution in [1.29, 1.82) is 0 Å². The molecule has 0 aromatic heterocycles. The van der Waals surface area contributed by atoms with Crippen LogP contribution in [0.15, 0.2) is 89.3 Å². The summed E-state index contributed by atoms with van der Waals surface area (Å²) in [7, 11) is -2.73. The van der Waals surface area contributed by atoms with Gasteiger partial charge in [-0.05, 0) is 48.7 Å².